The van der Waals surface area contributed by atoms with Crippen LogP contribution in [0.25, 0.3) is 0 Å². The van der Waals surface area contributed by atoms with Crippen LogP contribution in [0.1, 0.15) is 6.42 Å². The number of alkyl halides is 8. The third-order valence-electron chi connectivity index (χ3n) is 2.90. The van der Waals surface area contributed by atoms with Gasteiger partial charge in [0.2, 0.25) is 11.8 Å². The molecule has 1 aliphatic rings. The first-order valence-corrected chi connectivity index (χ1v) is 5.12. The van der Waals surface area contributed by atoms with Crippen molar-refractivity contribution in [1.29, 1.82) is 0 Å². The van der Waals surface area contributed by atoms with Gasteiger partial charge >= 0.3 is 17.8 Å². The fourth-order valence-corrected chi connectivity index (χ4v) is 1.75. The van der Waals surface area contributed by atoms with E-state index in [1.54, 1.807) is 0 Å². The van der Waals surface area contributed by atoms with Crippen LogP contribution in [0.15, 0.2) is 0 Å². The molecule has 114 valence electrons. The lowest BCUT2D eigenvalue weighted by atomic mass is 9.95. The van der Waals surface area contributed by atoms with Crippen LogP contribution >= 0.6 is 0 Å². The van der Waals surface area contributed by atoms with E-state index in [1.807, 2.05) is 0 Å². The molecule has 0 radical (unpaired) electrons. The molecule has 1 fully saturated rings. The van der Waals surface area contributed by atoms with Crippen LogP contribution in [0.5, 0.6) is 0 Å². The molecule has 0 aromatic heterocycles. The molecule has 0 amide bonds. The van der Waals surface area contributed by atoms with E-state index in [4.69, 9.17) is 5.11 Å². The second-order valence-corrected chi connectivity index (χ2v) is 4.08. The lowest BCUT2D eigenvalue weighted by Gasteiger charge is -2.28. The molecule has 0 spiro atoms. The predicted octanol–water partition coefficient (Wildman–Crippen LogP) is 2.35. The first-order valence-electron chi connectivity index (χ1n) is 5.12. The van der Waals surface area contributed by atoms with Crippen molar-refractivity contribution in [2.75, 3.05) is 19.8 Å². The fraction of sp³-hybridized carbons (Fsp3) is 1.00. The lowest BCUT2D eigenvalue weighted by Crippen LogP contribution is -2.53. The molecule has 10 heteroatoms. The van der Waals surface area contributed by atoms with E-state index in [9.17, 15) is 35.1 Å². The Morgan fingerprint density at radius 1 is 0.895 bits per heavy atom. The first-order chi connectivity index (χ1) is 8.47. The van der Waals surface area contributed by atoms with Crippen molar-refractivity contribution in [3.8, 4) is 0 Å². The van der Waals surface area contributed by atoms with E-state index < -0.39 is 55.8 Å². The Hall–Kier alpha value is -0.640. The molecule has 0 saturated heterocycles. The molecule has 2 unspecified atom stereocenters. The number of ether oxygens (including phenoxy) is 1. The highest BCUT2D eigenvalue weighted by Crippen LogP contribution is 2.64. The Morgan fingerprint density at radius 3 is 1.79 bits per heavy atom. The van der Waals surface area contributed by atoms with Gasteiger partial charge in [0.1, 0.15) is 0 Å². The quantitative estimate of drug-likeness (QED) is 0.624. The molecule has 0 aromatic carbocycles. The Morgan fingerprint density at radius 2 is 1.42 bits per heavy atom. The molecular formula is C9H10F8O2. The summed E-state index contributed by atoms with van der Waals surface area (Å²) in [5.74, 6) is -17.8. The second-order valence-electron chi connectivity index (χ2n) is 4.08. The Balaban J connectivity index is 2.99. The topological polar surface area (TPSA) is 29.5 Å². The fourth-order valence-electron chi connectivity index (χ4n) is 1.75. The molecular weight excluding hydrogens is 292 g/mol. The second kappa shape index (κ2) is 4.72. The van der Waals surface area contributed by atoms with Gasteiger partial charge in [-0.1, -0.05) is 0 Å². The summed E-state index contributed by atoms with van der Waals surface area (Å²) in [6, 6.07) is 0. The molecule has 0 aliphatic heterocycles. The molecule has 19 heavy (non-hydrogen) atoms. The molecule has 0 aromatic rings. The van der Waals surface area contributed by atoms with Gasteiger partial charge in [-0.3, -0.25) is 0 Å². The molecule has 2 atom stereocenters. The van der Waals surface area contributed by atoms with Gasteiger partial charge in [0.15, 0.2) is 0 Å². The van der Waals surface area contributed by atoms with Gasteiger partial charge in [0.05, 0.1) is 19.8 Å². The van der Waals surface area contributed by atoms with E-state index in [1.165, 1.54) is 0 Å². The number of hydrogen-bond acceptors (Lipinski definition) is 2. The number of halogens is 8. The van der Waals surface area contributed by atoms with Gasteiger partial charge in [-0.05, 0) is 0 Å². The van der Waals surface area contributed by atoms with Crippen molar-refractivity contribution in [3.05, 3.63) is 0 Å². The van der Waals surface area contributed by atoms with E-state index in [2.05, 4.69) is 4.74 Å². The van der Waals surface area contributed by atoms with Crippen LogP contribution in [0.2, 0.25) is 0 Å². The Bertz CT molecular complexity index is 334. The largest absolute Gasteiger partial charge is 0.394 e. The van der Waals surface area contributed by atoms with Crippen molar-refractivity contribution in [3.63, 3.8) is 0 Å². The zero-order chi connectivity index (χ0) is 15.1. The molecule has 2 nitrogen and oxygen atoms in total. The highest BCUT2D eigenvalue weighted by atomic mass is 19.4. The summed E-state index contributed by atoms with van der Waals surface area (Å²) in [4.78, 5) is 0. The SMILES string of the molecule is OCCOCCC1(F)C(F)C(F)(F)C(F)(F)C1(F)F. The van der Waals surface area contributed by atoms with Crippen LogP contribution in [-0.4, -0.2) is 54.5 Å². The first kappa shape index (κ1) is 16.4. The van der Waals surface area contributed by atoms with Crippen molar-refractivity contribution < 1.29 is 45.0 Å². The van der Waals surface area contributed by atoms with Crippen LogP contribution < -0.4 is 0 Å². The van der Waals surface area contributed by atoms with Crippen molar-refractivity contribution in [1.82, 2.24) is 0 Å². The predicted molar refractivity (Wildman–Crippen MR) is 46.1 cm³/mol. The number of aliphatic hydroxyl groups is 1. The lowest BCUT2D eigenvalue weighted by molar-refractivity contribution is -0.289. The maximum atomic E-state index is 13.7. The summed E-state index contributed by atoms with van der Waals surface area (Å²) in [6.45, 7) is -2.05. The van der Waals surface area contributed by atoms with E-state index >= 15 is 0 Å². The summed E-state index contributed by atoms with van der Waals surface area (Å²) >= 11 is 0. The molecule has 1 N–H and O–H groups in total. The normalized spacial score (nSPS) is 35.5. The van der Waals surface area contributed by atoms with Gasteiger partial charge in [-0.25, -0.2) is 8.78 Å². The van der Waals surface area contributed by atoms with Crippen molar-refractivity contribution in [2.45, 2.75) is 36.0 Å². The van der Waals surface area contributed by atoms with Crippen molar-refractivity contribution in [2.24, 2.45) is 0 Å². The van der Waals surface area contributed by atoms with Gasteiger partial charge in [0, 0.05) is 6.42 Å². The van der Waals surface area contributed by atoms with Gasteiger partial charge in [-0.2, -0.15) is 26.3 Å². The van der Waals surface area contributed by atoms with E-state index in [0.29, 0.717) is 0 Å². The van der Waals surface area contributed by atoms with Gasteiger partial charge in [-0.15, -0.1) is 0 Å². The summed E-state index contributed by atoms with van der Waals surface area (Å²) in [5.41, 5.74) is -4.74. The average Bonchev–Trinajstić information content (AvgIpc) is 2.37. The molecule has 1 aliphatic carbocycles. The Labute approximate surface area is 102 Å². The van der Waals surface area contributed by atoms with Crippen LogP contribution in [0.3, 0.4) is 0 Å². The third-order valence-corrected chi connectivity index (χ3v) is 2.90. The Kier molecular flexibility index (Phi) is 4.08. The molecule has 1 rings (SSSR count). The molecule has 1 saturated carbocycles. The maximum absolute atomic E-state index is 13.7. The standard InChI is InChI=1S/C9H10F8O2/c10-5-6(11,1-3-19-4-2-18)8(14,15)9(16,17)7(5,12)13/h5,18H,1-4H2. The maximum Gasteiger partial charge on any atom is 0.378 e. The summed E-state index contributed by atoms with van der Waals surface area (Å²) < 4.78 is 108. The average molecular weight is 302 g/mol. The van der Waals surface area contributed by atoms with Crippen molar-refractivity contribution >= 4 is 0 Å². The zero-order valence-electron chi connectivity index (χ0n) is 9.28. The van der Waals surface area contributed by atoms with Crippen LogP contribution in [0, 0.1) is 0 Å². The minimum atomic E-state index is -6.13. The number of hydrogen-bond donors (Lipinski definition) is 1. The van der Waals surface area contributed by atoms with Gasteiger partial charge in [0.25, 0.3) is 0 Å². The van der Waals surface area contributed by atoms with E-state index in [-0.39, 0.29) is 0 Å². The zero-order valence-corrected chi connectivity index (χ0v) is 9.28. The summed E-state index contributed by atoms with van der Waals surface area (Å²) in [5, 5.41) is 8.26. The minimum absolute atomic E-state index is 0.453. The monoisotopic (exact) mass is 302 g/mol. The number of rotatable bonds is 5. The summed E-state index contributed by atoms with van der Waals surface area (Å²) in [6.07, 6.45) is -6.05. The van der Waals surface area contributed by atoms with Crippen LogP contribution in [-0.2, 0) is 4.74 Å². The highest BCUT2D eigenvalue weighted by molar-refractivity contribution is 5.22. The minimum Gasteiger partial charge on any atom is -0.394 e. The molecule has 0 heterocycles. The van der Waals surface area contributed by atoms with Gasteiger partial charge < -0.3 is 9.84 Å². The van der Waals surface area contributed by atoms with Crippen LogP contribution in [0.4, 0.5) is 35.1 Å². The smallest absolute Gasteiger partial charge is 0.378 e. The third kappa shape index (κ3) is 1.99. The van der Waals surface area contributed by atoms with E-state index in [0.717, 1.165) is 0 Å². The molecule has 0 bridgehead atoms. The summed E-state index contributed by atoms with van der Waals surface area (Å²) in [7, 11) is 0. The number of aliphatic hydroxyl groups excluding tert-OH is 1. The highest BCUT2D eigenvalue weighted by Gasteiger charge is 2.92.